The summed E-state index contributed by atoms with van der Waals surface area (Å²) in [5, 5.41) is 19.3. The van der Waals surface area contributed by atoms with E-state index in [1.165, 1.54) is 0 Å². The Morgan fingerprint density at radius 2 is 1.89 bits per heavy atom. The summed E-state index contributed by atoms with van der Waals surface area (Å²) in [5.74, 6) is 0.252. The molecule has 0 amide bonds. The normalized spacial score (nSPS) is 15.4. The summed E-state index contributed by atoms with van der Waals surface area (Å²) in [6, 6.07) is 2.92. The molecule has 1 aromatic rings. The van der Waals surface area contributed by atoms with Crippen LogP contribution in [0.25, 0.3) is 0 Å². The fourth-order valence-electron chi connectivity index (χ4n) is 1.58. The van der Waals surface area contributed by atoms with E-state index >= 15 is 0 Å². The number of thiol groups is 1. The quantitative estimate of drug-likeness (QED) is 0.504. The van der Waals surface area contributed by atoms with Gasteiger partial charge in [-0.1, -0.05) is 0 Å². The Morgan fingerprint density at radius 3 is 2.39 bits per heavy atom. The fraction of sp³-hybridized carbons (Fsp3) is 0.455. The van der Waals surface area contributed by atoms with Crippen molar-refractivity contribution in [3.8, 4) is 0 Å². The Kier molecular flexibility index (Phi) is 4.89. The molecule has 4 N–H and O–H groups in total. The molecule has 2 unspecified atom stereocenters. The SMILES string of the molecule is Nc1ccc(C(F)(F)F)c(C(O)C(O)CCS)c1. The molecule has 0 spiro atoms. The molecule has 0 aliphatic carbocycles. The number of hydrogen-bond acceptors (Lipinski definition) is 4. The van der Waals surface area contributed by atoms with Crippen LogP contribution in [0.3, 0.4) is 0 Å². The van der Waals surface area contributed by atoms with Crippen molar-refractivity contribution in [2.45, 2.75) is 24.8 Å². The second-order valence-electron chi connectivity index (χ2n) is 3.87. The predicted octanol–water partition coefficient (Wildman–Crippen LogP) is 2.00. The molecule has 102 valence electrons. The summed E-state index contributed by atoms with van der Waals surface area (Å²) < 4.78 is 38.2. The summed E-state index contributed by atoms with van der Waals surface area (Å²) in [7, 11) is 0. The van der Waals surface area contributed by atoms with Gasteiger partial charge in [-0.05, 0) is 35.9 Å². The average Bonchev–Trinajstić information content (AvgIpc) is 2.26. The number of nitrogen functional groups attached to an aromatic ring is 1. The molecule has 0 saturated carbocycles. The van der Waals surface area contributed by atoms with Crippen LogP contribution in [0.4, 0.5) is 18.9 Å². The molecule has 1 rings (SSSR count). The predicted molar refractivity (Wildman–Crippen MR) is 65.3 cm³/mol. The minimum atomic E-state index is -4.61. The summed E-state index contributed by atoms with van der Waals surface area (Å²) in [6.07, 6.45) is -7.48. The molecular weight excluding hydrogens is 267 g/mol. The van der Waals surface area contributed by atoms with Gasteiger partial charge in [0.2, 0.25) is 0 Å². The lowest BCUT2D eigenvalue weighted by Crippen LogP contribution is -2.22. The van der Waals surface area contributed by atoms with E-state index in [1.807, 2.05) is 0 Å². The van der Waals surface area contributed by atoms with Crippen LogP contribution in [0.15, 0.2) is 18.2 Å². The van der Waals surface area contributed by atoms with Crippen LogP contribution in [-0.4, -0.2) is 22.1 Å². The zero-order valence-electron chi connectivity index (χ0n) is 9.35. The Balaban J connectivity index is 3.17. The molecule has 0 saturated heterocycles. The first-order valence-electron chi connectivity index (χ1n) is 5.21. The van der Waals surface area contributed by atoms with Gasteiger partial charge in [-0.2, -0.15) is 25.8 Å². The molecule has 7 heteroatoms. The standard InChI is InChI=1S/C11H14F3NO2S/c12-11(13,14)8-2-1-6(15)5-7(8)10(17)9(16)3-4-18/h1-2,5,9-10,16-18H,3-4,15H2. The van der Waals surface area contributed by atoms with E-state index in [-0.39, 0.29) is 17.9 Å². The third-order valence-corrected chi connectivity index (χ3v) is 2.75. The van der Waals surface area contributed by atoms with Crippen LogP contribution in [-0.2, 0) is 6.18 Å². The molecule has 0 fully saturated rings. The zero-order valence-corrected chi connectivity index (χ0v) is 10.2. The number of aliphatic hydroxyl groups excluding tert-OH is 2. The maximum atomic E-state index is 12.7. The van der Waals surface area contributed by atoms with E-state index in [0.717, 1.165) is 18.2 Å². The van der Waals surface area contributed by atoms with Gasteiger partial charge in [-0.15, -0.1) is 0 Å². The van der Waals surface area contributed by atoms with E-state index < -0.39 is 29.5 Å². The van der Waals surface area contributed by atoms with Gasteiger partial charge in [0.15, 0.2) is 0 Å². The summed E-state index contributed by atoms with van der Waals surface area (Å²) in [4.78, 5) is 0. The van der Waals surface area contributed by atoms with Crippen molar-refractivity contribution >= 4 is 18.3 Å². The van der Waals surface area contributed by atoms with Crippen molar-refractivity contribution in [1.29, 1.82) is 0 Å². The van der Waals surface area contributed by atoms with Gasteiger partial charge in [0.05, 0.1) is 11.7 Å². The number of rotatable bonds is 4. The molecule has 3 nitrogen and oxygen atoms in total. The van der Waals surface area contributed by atoms with Crippen LogP contribution >= 0.6 is 12.6 Å². The number of benzene rings is 1. The Hall–Kier alpha value is -0.920. The van der Waals surface area contributed by atoms with Gasteiger partial charge in [-0.25, -0.2) is 0 Å². The average molecular weight is 281 g/mol. The molecule has 0 heterocycles. The molecule has 1 aromatic carbocycles. The highest BCUT2D eigenvalue weighted by Crippen LogP contribution is 2.36. The van der Waals surface area contributed by atoms with E-state index in [0.29, 0.717) is 0 Å². The third kappa shape index (κ3) is 3.54. The monoisotopic (exact) mass is 281 g/mol. The molecule has 2 atom stereocenters. The zero-order chi connectivity index (χ0) is 13.9. The Morgan fingerprint density at radius 1 is 1.28 bits per heavy atom. The van der Waals surface area contributed by atoms with Crippen LogP contribution in [0.2, 0.25) is 0 Å². The first kappa shape index (κ1) is 15.1. The number of alkyl halides is 3. The maximum absolute atomic E-state index is 12.7. The number of halogens is 3. The topological polar surface area (TPSA) is 66.5 Å². The van der Waals surface area contributed by atoms with Gasteiger partial charge >= 0.3 is 6.18 Å². The lowest BCUT2D eigenvalue weighted by molar-refractivity contribution is -0.139. The number of hydrogen-bond donors (Lipinski definition) is 4. The molecular formula is C11H14F3NO2S. The van der Waals surface area contributed by atoms with Crippen LogP contribution in [0.1, 0.15) is 23.7 Å². The fourth-order valence-corrected chi connectivity index (χ4v) is 1.85. The van der Waals surface area contributed by atoms with Gasteiger partial charge in [0, 0.05) is 5.69 Å². The second-order valence-corrected chi connectivity index (χ2v) is 4.32. The van der Waals surface area contributed by atoms with Gasteiger partial charge in [0.25, 0.3) is 0 Å². The lowest BCUT2D eigenvalue weighted by Gasteiger charge is -2.21. The van der Waals surface area contributed by atoms with Crippen molar-refractivity contribution in [2.75, 3.05) is 11.5 Å². The van der Waals surface area contributed by atoms with E-state index in [9.17, 15) is 23.4 Å². The van der Waals surface area contributed by atoms with Crippen molar-refractivity contribution in [2.24, 2.45) is 0 Å². The maximum Gasteiger partial charge on any atom is 0.416 e. The largest absolute Gasteiger partial charge is 0.416 e. The highest BCUT2D eigenvalue weighted by molar-refractivity contribution is 7.80. The highest BCUT2D eigenvalue weighted by Gasteiger charge is 2.36. The highest BCUT2D eigenvalue weighted by atomic mass is 32.1. The minimum Gasteiger partial charge on any atom is -0.399 e. The smallest absolute Gasteiger partial charge is 0.399 e. The summed E-state index contributed by atoms with van der Waals surface area (Å²) in [5.41, 5.74) is 4.08. The van der Waals surface area contributed by atoms with Gasteiger partial charge < -0.3 is 15.9 Å². The summed E-state index contributed by atoms with van der Waals surface area (Å²) in [6.45, 7) is 0. The van der Waals surface area contributed by atoms with Crippen molar-refractivity contribution in [3.63, 3.8) is 0 Å². The summed E-state index contributed by atoms with van der Waals surface area (Å²) >= 11 is 3.85. The first-order chi connectivity index (χ1) is 8.27. The molecule has 0 aliphatic heterocycles. The van der Waals surface area contributed by atoms with E-state index in [4.69, 9.17) is 5.73 Å². The Bertz CT molecular complexity index is 412. The lowest BCUT2D eigenvalue weighted by atomic mass is 9.96. The molecule has 0 bridgehead atoms. The van der Waals surface area contributed by atoms with Crippen molar-refractivity contribution < 1.29 is 23.4 Å². The minimum absolute atomic E-state index is 0.0797. The van der Waals surface area contributed by atoms with Gasteiger partial charge in [0.1, 0.15) is 6.10 Å². The third-order valence-electron chi connectivity index (χ3n) is 2.49. The number of anilines is 1. The molecule has 18 heavy (non-hydrogen) atoms. The molecule has 0 aromatic heterocycles. The van der Waals surface area contributed by atoms with E-state index in [1.54, 1.807) is 0 Å². The first-order valence-corrected chi connectivity index (χ1v) is 5.84. The van der Waals surface area contributed by atoms with Crippen molar-refractivity contribution in [1.82, 2.24) is 0 Å². The molecule has 0 aliphatic rings. The van der Waals surface area contributed by atoms with Crippen LogP contribution in [0.5, 0.6) is 0 Å². The Labute approximate surface area is 108 Å². The number of aliphatic hydroxyl groups is 2. The van der Waals surface area contributed by atoms with E-state index in [2.05, 4.69) is 12.6 Å². The number of nitrogens with two attached hydrogens (primary N) is 1. The van der Waals surface area contributed by atoms with Crippen LogP contribution < -0.4 is 5.73 Å². The van der Waals surface area contributed by atoms with Crippen LogP contribution in [0, 0.1) is 0 Å². The second kappa shape index (κ2) is 5.81. The molecule has 0 radical (unpaired) electrons. The van der Waals surface area contributed by atoms with Gasteiger partial charge in [-0.3, -0.25) is 0 Å². The van der Waals surface area contributed by atoms with Crippen molar-refractivity contribution in [3.05, 3.63) is 29.3 Å².